The number of rotatable bonds is 11. The molecule has 3 aromatic carbocycles. The number of allylic oxidation sites excluding steroid dienone is 1. The average molecular weight is 643 g/mol. The van der Waals surface area contributed by atoms with Crippen LogP contribution < -0.4 is 29.1 Å². The van der Waals surface area contributed by atoms with Gasteiger partial charge in [0.2, 0.25) is 0 Å². The number of nitro groups is 1. The topological polar surface area (TPSA) is 126 Å². The van der Waals surface area contributed by atoms with E-state index in [0.29, 0.717) is 40.5 Å². The van der Waals surface area contributed by atoms with Crippen LogP contribution >= 0.6 is 11.3 Å². The van der Waals surface area contributed by atoms with Crippen molar-refractivity contribution in [1.82, 2.24) is 9.47 Å². The third-order valence-electron chi connectivity index (χ3n) is 7.86. The number of amides is 1. The van der Waals surface area contributed by atoms with E-state index in [-0.39, 0.29) is 39.8 Å². The van der Waals surface area contributed by atoms with Crippen molar-refractivity contribution in [2.24, 2.45) is 4.99 Å². The van der Waals surface area contributed by atoms with Gasteiger partial charge in [-0.1, -0.05) is 54.3 Å². The van der Waals surface area contributed by atoms with Crippen LogP contribution in [0, 0.1) is 10.1 Å². The van der Waals surface area contributed by atoms with E-state index >= 15 is 0 Å². The first-order chi connectivity index (χ1) is 22.2. The van der Waals surface area contributed by atoms with Crippen molar-refractivity contribution in [3.8, 4) is 17.2 Å². The van der Waals surface area contributed by atoms with Crippen LogP contribution in [0.5, 0.6) is 17.2 Å². The molecule has 1 atom stereocenters. The molecule has 0 aliphatic carbocycles. The summed E-state index contributed by atoms with van der Waals surface area (Å²) in [5.74, 6) is 0.640. The third kappa shape index (κ3) is 5.67. The zero-order valence-corrected chi connectivity index (χ0v) is 27.1. The molecule has 0 saturated carbocycles. The minimum atomic E-state index is -0.872. The quantitative estimate of drug-likeness (QED) is 0.131. The van der Waals surface area contributed by atoms with E-state index in [0.717, 1.165) is 22.1 Å². The molecule has 1 aromatic heterocycles. The first-order valence-electron chi connectivity index (χ1n) is 14.7. The Morgan fingerprint density at radius 3 is 2.50 bits per heavy atom. The van der Waals surface area contributed by atoms with Gasteiger partial charge in [-0.05, 0) is 43.7 Å². The molecule has 0 fully saturated rings. The van der Waals surface area contributed by atoms with E-state index in [9.17, 15) is 19.7 Å². The highest BCUT2D eigenvalue weighted by Crippen LogP contribution is 2.41. The van der Waals surface area contributed by atoms with Crippen LogP contribution in [0.3, 0.4) is 0 Å². The summed E-state index contributed by atoms with van der Waals surface area (Å²) in [6.45, 7) is 10.3. The van der Waals surface area contributed by atoms with Crippen molar-refractivity contribution < 1.29 is 23.9 Å². The number of hydrogen-bond acceptors (Lipinski definition) is 9. The lowest BCUT2D eigenvalue weighted by atomic mass is 9.90. The fourth-order valence-electron chi connectivity index (χ4n) is 5.70. The molecule has 5 rings (SSSR count). The van der Waals surface area contributed by atoms with Gasteiger partial charge >= 0.3 is 0 Å². The molecule has 0 N–H and O–H groups in total. The van der Waals surface area contributed by atoms with Gasteiger partial charge in [-0.25, -0.2) is 4.99 Å². The molecule has 1 aliphatic heterocycles. The number of aromatic nitrogens is 1. The number of non-ortho nitro benzene ring substituents is 1. The summed E-state index contributed by atoms with van der Waals surface area (Å²) in [6.07, 6.45) is 3.06. The Labute approximate surface area is 269 Å². The van der Waals surface area contributed by atoms with Crippen LogP contribution in [0.25, 0.3) is 16.8 Å². The van der Waals surface area contributed by atoms with Gasteiger partial charge in [0.1, 0.15) is 18.4 Å². The maximum atomic E-state index is 14.5. The lowest BCUT2D eigenvalue weighted by Crippen LogP contribution is -2.43. The maximum absolute atomic E-state index is 14.5. The number of nitrogens with zero attached hydrogens (tertiary/aromatic N) is 4. The molecule has 0 radical (unpaired) electrons. The van der Waals surface area contributed by atoms with E-state index in [2.05, 4.69) is 6.58 Å². The first-order valence-corrected chi connectivity index (χ1v) is 15.5. The van der Waals surface area contributed by atoms with Gasteiger partial charge in [-0.3, -0.25) is 24.3 Å². The van der Waals surface area contributed by atoms with Crippen LogP contribution in [0.1, 0.15) is 37.9 Å². The Balaban J connectivity index is 1.86. The molecule has 4 aromatic rings. The zero-order chi connectivity index (χ0) is 33.1. The highest BCUT2D eigenvalue weighted by atomic mass is 32.1. The molecule has 11 nitrogen and oxygen atoms in total. The highest BCUT2D eigenvalue weighted by Gasteiger charge is 2.36. The number of ether oxygens (including phenoxy) is 3. The average Bonchev–Trinajstić information content (AvgIpc) is 3.36. The van der Waals surface area contributed by atoms with E-state index in [1.54, 1.807) is 18.9 Å². The SMILES string of the molecule is C=CCOc1c(/C=c2\sc3n(c2=O)[C@H](c2c(OC)ccc4ccccc24)C(C(=O)N(CC)CC)=C(C)N=3)cc([N+](=O)[O-])cc1OC. The lowest BCUT2D eigenvalue weighted by molar-refractivity contribution is -0.385. The van der Waals surface area contributed by atoms with Crippen molar-refractivity contribution in [3.05, 3.63) is 113 Å². The maximum Gasteiger partial charge on any atom is 0.274 e. The molecule has 1 aliphatic rings. The molecule has 2 heterocycles. The van der Waals surface area contributed by atoms with Crippen LogP contribution in [0.15, 0.2) is 82.2 Å². The van der Waals surface area contributed by atoms with Crippen molar-refractivity contribution in [2.75, 3.05) is 33.9 Å². The fourth-order valence-corrected chi connectivity index (χ4v) is 6.73. The number of likely N-dealkylation sites (N-methyl/N-ethyl adjacent to an activating group) is 1. The monoisotopic (exact) mass is 642 g/mol. The van der Waals surface area contributed by atoms with Gasteiger partial charge in [-0.15, -0.1) is 0 Å². The number of nitro benzene ring substituents is 1. The van der Waals surface area contributed by atoms with E-state index in [1.165, 1.54) is 36.0 Å². The van der Waals surface area contributed by atoms with Gasteiger partial charge in [0.15, 0.2) is 16.3 Å². The number of carbonyl (C=O) groups is 1. The number of carbonyl (C=O) groups excluding carboxylic acids is 1. The van der Waals surface area contributed by atoms with E-state index in [1.807, 2.05) is 50.2 Å². The van der Waals surface area contributed by atoms with Crippen LogP contribution in [-0.4, -0.2) is 54.2 Å². The zero-order valence-electron chi connectivity index (χ0n) is 26.2. The number of benzene rings is 3. The Bertz CT molecular complexity index is 2080. The Morgan fingerprint density at radius 2 is 1.85 bits per heavy atom. The van der Waals surface area contributed by atoms with Crippen LogP contribution in [0.2, 0.25) is 0 Å². The first kappa shape index (κ1) is 32.2. The van der Waals surface area contributed by atoms with Crippen molar-refractivity contribution in [1.29, 1.82) is 0 Å². The molecule has 238 valence electrons. The number of hydrogen-bond donors (Lipinski definition) is 0. The Hall–Kier alpha value is -5.23. The number of fused-ring (bicyclic) bond motifs is 2. The van der Waals surface area contributed by atoms with Gasteiger partial charge in [0.25, 0.3) is 17.2 Å². The largest absolute Gasteiger partial charge is 0.496 e. The lowest BCUT2D eigenvalue weighted by Gasteiger charge is -2.30. The summed E-state index contributed by atoms with van der Waals surface area (Å²) in [5.41, 5.74) is 1.11. The number of thiazole rings is 1. The Morgan fingerprint density at radius 1 is 1.13 bits per heavy atom. The molecule has 0 bridgehead atoms. The van der Waals surface area contributed by atoms with Crippen molar-refractivity contribution >= 4 is 39.8 Å². The molecular formula is C34H34N4O7S. The van der Waals surface area contributed by atoms with Crippen LogP contribution in [-0.2, 0) is 4.79 Å². The summed E-state index contributed by atoms with van der Waals surface area (Å²) >= 11 is 1.11. The van der Waals surface area contributed by atoms with Gasteiger partial charge in [0.05, 0.1) is 41.0 Å². The standard InChI is InChI=1S/C34H34N4O7S/c1-7-16-45-31-22(17-23(38(41)42)19-26(31)44-6)18-27-32(39)37-30(29-24-13-11-10-12-21(24)14-15-25(29)43-5)28(20(4)35-34(37)46-27)33(40)36(8-2)9-3/h7,10-15,17-19,30H,1,8-9,16H2,2-6H3/b27-18-/t30-/m0/s1. The molecule has 0 spiro atoms. The second-order valence-electron chi connectivity index (χ2n) is 10.4. The highest BCUT2D eigenvalue weighted by molar-refractivity contribution is 7.07. The summed E-state index contributed by atoms with van der Waals surface area (Å²) in [7, 11) is 2.94. The van der Waals surface area contributed by atoms with Gasteiger partial charge in [-0.2, -0.15) is 0 Å². The van der Waals surface area contributed by atoms with Gasteiger partial charge < -0.3 is 19.1 Å². The minimum absolute atomic E-state index is 0.104. The van der Waals surface area contributed by atoms with E-state index in [4.69, 9.17) is 19.2 Å². The minimum Gasteiger partial charge on any atom is -0.496 e. The molecule has 0 unspecified atom stereocenters. The molecular weight excluding hydrogens is 608 g/mol. The summed E-state index contributed by atoms with van der Waals surface area (Å²) in [4.78, 5) is 46.7. The second-order valence-corrected chi connectivity index (χ2v) is 11.4. The predicted molar refractivity (Wildman–Crippen MR) is 178 cm³/mol. The smallest absolute Gasteiger partial charge is 0.274 e. The molecule has 1 amide bonds. The third-order valence-corrected chi connectivity index (χ3v) is 8.84. The van der Waals surface area contributed by atoms with Crippen LogP contribution in [0.4, 0.5) is 5.69 Å². The summed E-state index contributed by atoms with van der Waals surface area (Å²) in [6, 6.07) is 13.2. The van der Waals surface area contributed by atoms with Crippen molar-refractivity contribution in [2.45, 2.75) is 26.8 Å². The van der Waals surface area contributed by atoms with Gasteiger partial charge in [0, 0.05) is 30.3 Å². The summed E-state index contributed by atoms with van der Waals surface area (Å²) < 4.78 is 18.9. The van der Waals surface area contributed by atoms with E-state index < -0.39 is 16.5 Å². The summed E-state index contributed by atoms with van der Waals surface area (Å²) in [5, 5.41) is 13.5. The predicted octanol–water partition coefficient (Wildman–Crippen LogP) is 4.75. The second kappa shape index (κ2) is 13.4. The van der Waals surface area contributed by atoms with Crippen molar-refractivity contribution in [3.63, 3.8) is 0 Å². The normalized spacial score (nSPS) is 14.5. The molecule has 12 heteroatoms. The Kier molecular flexibility index (Phi) is 9.38. The number of methoxy groups -OCH3 is 2. The molecule has 0 saturated heterocycles. The fraction of sp³-hybridized carbons (Fsp3) is 0.265. The molecule has 46 heavy (non-hydrogen) atoms.